The van der Waals surface area contributed by atoms with Crippen LogP contribution in [0.1, 0.15) is 0 Å². The highest BCUT2D eigenvalue weighted by atomic mass is 35.5. The van der Waals surface area contributed by atoms with Gasteiger partial charge in [-0.05, 0) is 24.3 Å². The Bertz CT molecular complexity index is 645. The van der Waals surface area contributed by atoms with Crippen molar-refractivity contribution in [3.05, 3.63) is 29.3 Å². The van der Waals surface area contributed by atoms with Crippen LogP contribution in [-0.2, 0) is 19.6 Å². The Morgan fingerprint density at radius 1 is 1.29 bits per heavy atom. The number of amides is 1. The van der Waals surface area contributed by atoms with Crippen molar-refractivity contribution in [1.82, 2.24) is 9.62 Å². The molecule has 0 bridgehead atoms. The van der Waals surface area contributed by atoms with Crippen molar-refractivity contribution in [3.8, 4) is 0 Å². The van der Waals surface area contributed by atoms with Crippen LogP contribution in [0.4, 0.5) is 0 Å². The van der Waals surface area contributed by atoms with Crippen LogP contribution in [0, 0.1) is 0 Å². The number of halogens is 1. The number of hydrogen-bond acceptors (Lipinski definition) is 4. The van der Waals surface area contributed by atoms with E-state index in [0.29, 0.717) is 11.6 Å². The van der Waals surface area contributed by atoms with E-state index >= 15 is 0 Å². The van der Waals surface area contributed by atoms with Gasteiger partial charge in [0, 0.05) is 12.1 Å². The Hall–Kier alpha value is -1.19. The average molecular weight is 377 g/mol. The number of morpholine rings is 1. The third-order valence-electron chi connectivity index (χ3n) is 3.89. The highest BCUT2D eigenvalue weighted by Crippen LogP contribution is 2.17. The lowest BCUT2D eigenvalue weighted by atomic mass is 10.4. The van der Waals surface area contributed by atoms with Gasteiger partial charge in [0.25, 0.3) is 0 Å². The number of hydrogen-bond donors (Lipinski definition) is 2. The molecule has 1 fully saturated rings. The summed E-state index contributed by atoms with van der Waals surface area (Å²) in [4.78, 5) is 13.4. The highest BCUT2D eigenvalue weighted by molar-refractivity contribution is 7.89. The molecule has 9 heteroatoms. The van der Waals surface area contributed by atoms with Crippen LogP contribution in [0.2, 0.25) is 5.02 Å². The van der Waals surface area contributed by atoms with Crippen molar-refractivity contribution in [2.45, 2.75) is 4.90 Å². The number of rotatable bonds is 7. The molecule has 1 amide bonds. The number of nitrogens with zero attached hydrogens (tertiary/aromatic N) is 1. The molecule has 1 heterocycles. The fourth-order valence-electron chi connectivity index (χ4n) is 2.42. The third kappa shape index (κ3) is 5.42. The standard InChI is InChI=1S/C15H22ClN3O4S/c1-18(24(21,22)14-4-2-13(16)3-5-14)12-15(20)17-6-7-19-8-10-23-11-9-19/h2-5H,6-12H2,1H3,(H,17,20)/p+1. The second kappa shape index (κ2) is 8.77. The number of carbonyl (C=O) groups excluding carboxylic acids is 1. The van der Waals surface area contributed by atoms with Crippen molar-refractivity contribution in [1.29, 1.82) is 0 Å². The molecule has 1 aromatic carbocycles. The van der Waals surface area contributed by atoms with Crippen molar-refractivity contribution in [2.75, 3.05) is 53.0 Å². The first kappa shape index (κ1) is 19.1. The van der Waals surface area contributed by atoms with E-state index in [0.717, 1.165) is 37.2 Å². The Balaban J connectivity index is 1.80. The lowest BCUT2D eigenvalue weighted by molar-refractivity contribution is -0.906. The molecule has 0 saturated carbocycles. The number of likely N-dealkylation sites (N-methyl/N-ethyl adjacent to an activating group) is 1. The molecule has 2 N–H and O–H groups in total. The lowest BCUT2D eigenvalue weighted by Crippen LogP contribution is -3.14. The number of benzene rings is 1. The summed E-state index contributed by atoms with van der Waals surface area (Å²) in [6.07, 6.45) is 0. The summed E-state index contributed by atoms with van der Waals surface area (Å²) in [7, 11) is -2.32. The minimum atomic E-state index is -3.70. The summed E-state index contributed by atoms with van der Waals surface area (Å²) < 4.78 is 31.1. The summed E-state index contributed by atoms with van der Waals surface area (Å²) in [5.74, 6) is -0.317. The molecule has 2 rings (SSSR count). The van der Waals surface area contributed by atoms with Gasteiger partial charge in [0.2, 0.25) is 15.9 Å². The van der Waals surface area contributed by atoms with E-state index in [2.05, 4.69) is 5.32 Å². The fourth-order valence-corrected chi connectivity index (χ4v) is 3.67. The molecule has 134 valence electrons. The van der Waals surface area contributed by atoms with Gasteiger partial charge < -0.3 is 15.0 Å². The Kier molecular flexibility index (Phi) is 7.00. The average Bonchev–Trinajstić information content (AvgIpc) is 2.56. The smallest absolute Gasteiger partial charge is 0.243 e. The summed E-state index contributed by atoms with van der Waals surface area (Å²) in [5.41, 5.74) is 0. The molecular formula is C15H23ClN3O4S+. The maximum Gasteiger partial charge on any atom is 0.243 e. The van der Waals surface area contributed by atoms with E-state index in [-0.39, 0.29) is 17.3 Å². The molecule has 0 spiro atoms. The molecule has 24 heavy (non-hydrogen) atoms. The molecule has 0 aromatic heterocycles. The van der Waals surface area contributed by atoms with Gasteiger partial charge in [0.05, 0.1) is 37.7 Å². The maximum atomic E-state index is 12.4. The monoisotopic (exact) mass is 376 g/mol. The molecule has 0 atom stereocenters. The molecule has 0 unspecified atom stereocenters. The first-order valence-electron chi connectivity index (χ1n) is 7.79. The quantitative estimate of drug-likeness (QED) is 0.639. The Labute approximate surface area is 147 Å². The van der Waals surface area contributed by atoms with Crippen molar-refractivity contribution < 1.29 is 22.8 Å². The van der Waals surface area contributed by atoms with Crippen LogP contribution < -0.4 is 10.2 Å². The van der Waals surface area contributed by atoms with Crippen LogP contribution in [0.3, 0.4) is 0 Å². The van der Waals surface area contributed by atoms with Crippen LogP contribution in [0.5, 0.6) is 0 Å². The second-order valence-electron chi connectivity index (χ2n) is 5.68. The number of ether oxygens (including phenoxy) is 1. The molecule has 1 aliphatic rings. The summed E-state index contributed by atoms with van der Waals surface area (Å²) in [6.45, 7) is 4.45. The zero-order chi connectivity index (χ0) is 17.6. The molecule has 0 radical (unpaired) electrons. The van der Waals surface area contributed by atoms with E-state index in [1.165, 1.54) is 36.2 Å². The van der Waals surface area contributed by atoms with Crippen LogP contribution in [0.25, 0.3) is 0 Å². The SMILES string of the molecule is CN(CC(=O)NCC[NH+]1CCOCC1)S(=O)(=O)c1ccc(Cl)cc1. The predicted octanol–water partition coefficient (Wildman–Crippen LogP) is -1.01. The largest absolute Gasteiger partial charge is 0.370 e. The molecule has 1 aromatic rings. The van der Waals surface area contributed by atoms with Gasteiger partial charge >= 0.3 is 0 Å². The van der Waals surface area contributed by atoms with Crippen molar-refractivity contribution in [2.24, 2.45) is 0 Å². The summed E-state index contributed by atoms with van der Waals surface area (Å²) in [6, 6.07) is 5.86. The number of carbonyl (C=O) groups is 1. The van der Waals surface area contributed by atoms with Gasteiger partial charge in [-0.2, -0.15) is 4.31 Å². The minimum absolute atomic E-state index is 0.111. The van der Waals surface area contributed by atoms with Crippen molar-refractivity contribution in [3.63, 3.8) is 0 Å². The van der Waals surface area contributed by atoms with Crippen LogP contribution >= 0.6 is 11.6 Å². The van der Waals surface area contributed by atoms with Gasteiger partial charge in [0.1, 0.15) is 13.1 Å². The number of quaternary nitrogens is 1. The Morgan fingerprint density at radius 3 is 2.54 bits per heavy atom. The first-order valence-corrected chi connectivity index (χ1v) is 9.61. The highest BCUT2D eigenvalue weighted by Gasteiger charge is 2.23. The van der Waals surface area contributed by atoms with E-state index in [1.54, 1.807) is 0 Å². The topological polar surface area (TPSA) is 80.2 Å². The lowest BCUT2D eigenvalue weighted by Gasteiger charge is -2.24. The predicted molar refractivity (Wildman–Crippen MR) is 90.7 cm³/mol. The van der Waals surface area contributed by atoms with Gasteiger partial charge in [-0.3, -0.25) is 4.79 Å². The van der Waals surface area contributed by atoms with Crippen LogP contribution in [0.15, 0.2) is 29.2 Å². The maximum absolute atomic E-state index is 12.4. The van der Waals surface area contributed by atoms with Crippen molar-refractivity contribution >= 4 is 27.5 Å². The van der Waals surface area contributed by atoms with E-state index < -0.39 is 10.0 Å². The van der Waals surface area contributed by atoms with E-state index in [1.807, 2.05) is 0 Å². The molecule has 0 aliphatic carbocycles. The normalized spacial score (nSPS) is 16.3. The summed E-state index contributed by atoms with van der Waals surface area (Å²) >= 11 is 5.76. The Morgan fingerprint density at radius 2 is 1.92 bits per heavy atom. The molecular weight excluding hydrogens is 354 g/mol. The summed E-state index contributed by atoms with van der Waals surface area (Å²) in [5, 5.41) is 3.22. The second-order valence-corrected chi connectivity index (χ2v) is 8.16. The number of nitrogens with one attached hydrogen (secondary N) is 2. The number of sulfonamides is 1. The van der Waals surface area contributed by atoms with Gasteiger partial charge in [-0.15, -0.1) is 0 Å². The molecule has 1 saturated heterocycles. The molecule has 7 nitrogen and oxygen atoms in total. The van der Waals surface area contributed by atoms with E-state index in [9.17, 15) is 13.2 Å². The van der Waals surface area contributed by atoms with Crippen LogP contribution in [-0.4, -0.2) is 71.6 Å². The minimum Gasteiger partial charge on any atom is -0.370 e. The third-order valence-corrected chi connectivity index (χ3v) is 5.96. The van der Waals surface area contributed by atoms with E-state index in [4.69, 9.17) is 16.3 Å². The van der Waals surface area contributed by atoms with Gasteiger partial charge in [-0.25, -0.2) is 8.42 Å². The zero-order valence-electron chi connectivity index (χ0n) is 13.6. The van der Waals surface area contributed by atoms with Gasteiger partial charge in [0.15, 0.2) is 0 Å². The zero-order valence-corrected chi connectivity index (χ0v) is 15.2. The van der Waals surface area contributed by atoms with Gasteiger partial charge in [-0.1, -0.05) is 11.6 Å². The first-order chi connectivity index (χ1) is 11.4. The fraction of sp³-hybridized carbons (Fsp3) is 0.533. The molecule has 1 aliphatic heterocycles.